The lowest BCUT2D eigenvalue weighted by Crippen LogP contribution is -2.48. The highest BCUT2D eigenvalue weighted by molar-refractivity contribution is 6.73. The molecule has 1 aliphatic carbocycles. The number of halogens is 3. The molecule has 28 heavy (non-hydrogen) atoms. The van der Waals surface area contributed by atoms with E-state index in [9.17, 15) is 22.8 Å². The minimum atomic E-state index is -4.85. The number of likely N-dealkylation sites (tertiary alicyclic amines) is 1. The van der Waals surface area contributed by atoms with Crippen molar-refractivity contribution in [3.05, 3.63) is 0 Å². The third-order valence-corrected chi connectivity index (χ3v) is 11.6. The Kier molecular flexibility index (Phi) is 7.58. The second-order valence-electron chi connectivity index (χ2n) is 7.95. The van der Waals surface area contributed by atoms with Gasteiger partial charge in [-0.1, -0.05) is 27.2 Å². The molecule has 1 aliphatic heterocycles. The highest BCUT2D eigenvalue weighted by Gasteiger charge is 2.55. The summed E-state index contributed by atoms with van der Waals surface area (Å²) in [7, 11) is -0.708. The Morgan fingerprint density at radius 2 is 1.71 bits per heavy atom. The Bertz CT molecular complexity index is 560. The molecule has 0 spiro atoms. The van der Waals surface area contributed by atoms with Gasteiger partial charge in [0.15, 0.2) is 8.32 Å². The van der Waals surface area contributed by atoms with Gasteiger partial charge in [0.1, 0.15) is 0 Å². The number of nitrogens with zero attached hydrogens (tertiary/aromatic N) is 1. The maximum Gasteiger partial charge on any atom is 0.449 e. The van der Waals surface area contributed by atoms with Crippen LogP contribution in [0.5, 0.6) is 0 Å². The summed E-state index contributed by atoms with van der Waals surface area (Å²) in [5.41, 5.74) is 0. The van der Waals surface area contributed by atoms with E-state index in [0.29, 0.717) is 0 Å². The number of Topliss-reactive ketones (excluding diaryl/α,β-unsaturated/α-hetero) is 1. The van der Waals surface area contributed by atoms with Crippen molar-refractivity contribution in [2.75, 3.05) is 13.7 Å². The topological polar surface area (TPSA) is 55.8 Å². The fraction of sp³-hybridized carbons (Fsp3) is 0.895. The summed E-state index contributed by atoms with van der Waals surface area (Å²) in [5.74, 6) is -2.37. The number of alkyl halides is 3. The van der Waals surface area contributed by atoms with Gasteiger partial charge in [-0.2, -0.15) is 13.2 Å². The first-order valence-corrected chi connectivity index (χ1v) is 12.8. The van der Waals surface area contributed by atoms with Gasteiger partial charge in [0.25, 0.3) is 0 Å². The molecule has 1 heterocycles. The first-order valence-electron chi connectivity index (χ1n) is 10.2. The van der Waals surface area contributed by atoms with Gasteiger partial charge in [-0.3, -0.25) is 9.69 Å². The molecular formula is C19H32F3NO4Si. The summed E-state index contributed by atoms with van der Waals surface area (Å²) < 4.78 is 50.2. The van der Waals surface area contributed by atoms with E-state index in [1.807, 2.05) is 0 Å². The maximum absolute atomic E-state index is 13.0. The largest absolute Gasteiger partial charge is 0.453 e. The highest BCUT2D eigenvalue weighted by atomic mass is 28.4. The zero-order valence-electron chi connectivity index (χ0n) is 17.2. The molecule has 162 valence electrons. The van der Waals surface area contributed by atoms with Gasteiger partial charge in [-0.05, 0) is 42.8 Å². The molecule has 4 atom stereocenters. The Balaban J connectivity index is 2.30. The third-order valence-electron chi connectivity index (χ3n) is 6.91. The second-order valence-corrected chi connectivity index (χ2v) is 12.7. The number of fused-ring (bicyclic) bond motifs is 1. The third kappa shape index (κ3) is 4.55. The average Bonchev–Trinajstić information content (AvgIpc) is 3.23. The number of carbonyl (C=O) groups is 2. The first kappa shape index (κ1) is 23.2. The maximum atomic E-state index is 13.0. The van der Waals surface area contributed by atoms with Crippen LogP contribution in [0.1, 0.15) is 46.5 Å². The number of ketones is 1. The molecule has 1 amide bonds. The zero-order chi connectivity index (χ0) is 21.1. The second kappa shape index (κ2) is 9.15. The lowest BCUT2D eigenvalue weighted by molar-refractivity contribution is -0.172. The molecule has 2 fully saturated rings. The Morgan fingerprint density at radius 3 is 2.21 bits per heavy atom. The van der Waals surface area contributed by atoms with Gasteiger partial charge in [-0.25, -0.2) is 4.79 Å². The van der Waals surface area contributed by atoms with E-state index >= 15 is 0 Å². The standard InChI is InChI=1S/C19H32F3NO4Si/c1-5-28(6-2,7-3)27-12-16-14(11-17(24)19(20,21)22)13-9-8-10-15(13)23(16)18(25)26-4/h13-16H,5-12H2,1-4H3/t13-,14+,15-,16+/m1/s1. The van der Waals surface area contributed by atoms with E-state index in [0.717, 1.165) is 37.4 Å². The van der Waals surface area contributed by atoms with E-state index in [1.165, 1.54) is 7.11 Å². The summed E-state index contributed by atoms with van der Waals surface area (Å²) in [6.07, 6.45) is -3.69. The number of hydrogen-bond donors (Lipinski definition) is 0. The quantitative estimate of drug-likeness (QED) is 0.528. The monoisotopic (exact) mass is 423 g/mol. The number of amides is 1. The molecule has 0 radical (unpaired) electrons. The van der Waals surface area contributed by atoms with Crippen LogP contribution in [0.4, 0.5) is 18.0 Å². The fourth-order valence-electron chi connectivity index (χ4n) is 5.07. The van der Waals surface area contributed by atoms with Crippen molar-refractivity contribution in [3.8, 4) is 0 Å². The van der Waals surface area contributed by atoms with Crippen LogP contribution in [0, 0.1) is 11.8 Å². The lowest BCUT2D eigenvalue weighted by atomic mass is 9.84. The Labute approximate surface area is 166 Å². The van der Waals surface area contributed by atoms with Crippen LogP contribution < -0.4 is 0 Å². The molecule has 1 saturated heterocycles. The molecule has 0 aromatic carbocycles. The molecule has 0 unspecified atom stereocenters. The molecule has 0 bridgehead atoms. The van der Waals surface area contributed by atoms with E-state index in [2.05, 4.69) is 20.8 Å². The van der Waals surface area contributed by atoms with Crippen molar-refractivity contribution in [2.45, 2.75) is 82.8 Å². The van der Waals surface area contributed by atoms with Crippen molar-refractivity contribution in [2.24, 2.45) is 11.8 Å². The minimum Gasteiger partial charge on any atom is -0.453 e. The van der Waals surface area contributed by atoms with Crippen LogP contribution in [0.2, 0.25) is 18.1 Å². The van der Waals surface area contributed by atoms with Crippen molar-refractivity contribution in [1.29, 1.82) is 0 Å². The van der Waals surface area contributed by atoms with Crippen LogP contribution in [0.25, 0.3) is 0 Å². The summed E-state index contributed by atoms with van der Waals surface area (Å²) in [4.78, 5) is 25.8. The number of rotatable bonds is 8. The van der Waals surface area contributed by atoms with Crippen LogP contribution in [-0.4, -0.2) is 57.1 Å². The van der Waals surface area contributed by atoms with Crippen LogP contribution in [-0.2, 0) is 14.0 Å². The predicted molar refractivity (Wildman–Crippen MR) is 101 cm³/mol. The average molecular weight is 424 g/mol. The number of hydrogen-bond acceptors (Lipinski definition) is 4. The molecule has 2 aliphatic rings. The number of methoxy groups -OCH3 is 1. The highest BCUT2D eigenvalue weighted by Crippen LogP contribution is 2.48. The van der Waals surface area contributed by atoms with E-state index in [-0.39, 0.29) is 18.6 Å². The predicted octanol–water partition coefficient (Wildman–Crippen LogP) is 4.77. The number of ether oxygens (including phenoxy) is 1. The molecule has 2 rings (SSSR count). The van der Waals surface area contributed by atoms with E-state index < -0.39 is 44.8 Å². The van der Waals surface area contributed by atoms with Gasteiger partial charge in [0, 0.05) is 12.5 Å². The molecule has 0 aromatic rings. The van der Waals surface area contributed by atoms with Gasteiger partial charge in [0.2, 0.25) is 5.78 Å². The van der Waals surface area contributed by atoms with Gasteiger partial charge in [0.05, 0.1) is 19.8 Å². The Morgan fingerprint density at radius 1 is 1.11 bits per heavy atom. The van der Waals surface area contributed by atoms with E-state index in [1.54, 1.807) is 4.90 Å². The summed E-state index contributed by atoms with van der Waals surface area (Å²) in [6, 6.07) is 2.00. The molecule has 0 aromatic heterocycles. The van der Waals surface area contributed by atoms with Crippen molar-refractivity contribution >= 4 is 20.2 Å². The van der Waals surface area contributed by atoms with Crippen LogP contribution >= 0.6 is 0 Å². The van der Waals surface area contributed by atoms with Crippen molar-refractivity contribution in [3.63, 3.8) is 0 Å². The van der Waals surface area contributed by atoms with Crippen LogP contribution in [0.3, 0.4) is 0 Å². The molecule has 5 nitrogen and oxygen atoms in total. The summed E-state index contributed by atoms with van der Waals surface area (Å²) in [5, 5.41) is 0. The Hall–Kier alpha value is -1.09. The SMILES string of the molecule is CC[Si](CC)(CC)OC[C@H]1[C@@H](CC(=O)C(F)(F)F)[C@H]2CCC[C@H]2N1C(=O)OC. The van der Waals surface area contributed by atoms with Crippen molar-refractivity contribution in [1.82, 2.24) is 4.90 Å². The summed E-state index contributed by atoms with van der Waals surface area (Å²) in [6.45, 7) is 6.40. The number of carbonyl (C=O) groups excluding carboxylic acids is 2. The van der Waals surface area contributed by atoms with Gasteiger partial charge >= 0.3 is 12.3 Å². The summed E-state index contributed by atoms with van der Waals surface area (Å²) >= 11 is 0. The lowest BCUT2D eigenvalue weighted by Gasteiger charge is -2.35. The smallest absolute Gasteiger partial charge is 0.449 e. The van der Waals surface area contributed by atoms with Crippen LogP contribution in [0.15, 0.2) is 0 Å². The molecule has 9 heteroatoms. The van der Waals surface area contributed by atoms with Gasteiger partial charge in [-0.15, -0.1) is 0 Å². The zero-order valence-corrected chi connectivity index (χ0v) is 18.2. The van der Waals surface area contributed by atoms with Crippen molar-refractivity contribution < 1.29 is 31.9 Å². The minimum absolute atomic E-state index is 0.111. The molecular weight excluding hydrogens is 391 g/mol. The normalized spacial score (nSPS) is 27.8. The van der Waals surface area contributed by atoms with E-state index in [4.69, 9.17) is 9.16 Å². The molecule has 0 N–H and O–H groups in total. The fourth-order valence-corrected chi connectivity index (χ4v) is 7.70. The molecule has 1 saturated carbocycles. The van der Waals surface area contributed by atoms with Gasteiger partial charge < -0.3 is 9.16 Å². The first-order chi connectivity index (χ1) is 13.1.